The second kappa shape index (κ2) is 5.99. The van der Waals surface area contributed by atoms with Gasteiger partial charge >= 0.3 is 5.56 Å². The van der Waals surface area contributed by atoms with E-state index in [0.717, 1.165) is 31.5 Å². The van der Waals surface area contributed by atoms with Crippen LogP contribution in [0.3, 0.4) is 0 Å². The van der Waals surface area contributed by atoms with Crippen LogP contribution in [0.25, 0.3) is 0 Å². The Morgan fingerprint density at radius 1 is 1.43 bits per heavy atom. The highest BCUT2D eigenvalue weighted by atomic mass is 16.5. The second-order valence-corrected chi connectivity index (χ2v) is 5.15. The van der Waals surface area contributed by atoms with Gasteiger partial charge in [-0.1, -0.05) is 19.1 Å². The van der Waals surface area contributed by atoms with Crippen LogP contribution in [0, 0.1) is 0 Å². The fraction of sp³-hybridized carbons (Fsp3) is 0.375. The summed E-state index contributed by atoms with van der Waals surface area (Å²) in [6.45, 7) is 3.63. The molecule has 1 aromatic carbocycles. The number of nitrogens with one attached hydrogen (secondary N) is 1. The Hall–Kier alpha value is -2.30. The SMILES string of the molecule is CCCn1ccnc(Oc2cccc3c2NCCC3)c1=O. The summed E-state index contributed by atoms with van der Waals surface area (Å²) >= 11 is 0. The molecule has 110 valence electrons. The van der Waals surface area contributed by atoms with Crippen LogP contribution in [0.2, 0.25) is 0 Å². The molecule has 1 aliphatic rings. The highest BCUT2D eigenvalue weighted by Gasteiger charge is 2.15. The standard InChI is InChI=1S/C16H19N3O2/c1-2-10-19-11-9-18-15(16(19)20)21-13-7-3-5-12-6-4-8-17-14(12)13/h3,5,7,9,11,17H,2,4,6,8,10H2,1H3. The minimum atomic E-state index is -0.187. The molecule has 0 radical (unpaired) electrons. The summed E-state index contributed by atoms with van der Waals surface area (Å²) in [6.07, 6.45) is 6.34. The van der Waals surface area contributed by atoms with E-state index in [1.54, 1.807) is 17.0 Å². The fourth-order valence-electron chi connectivity index (χ4n) is 2.58. The van der Waals surface area contributed by atoms with Crippen molar-refractivity contribution < 1.29 is 4.74 Å². The summed E-state index contributed by atoms with van der Waals surface area (Å²) < 4.78 is 7.42. The lowest BCUT2D eigenvalue weighted by atomic mass is 10.0. The van der Waals surface area contributed by atoms with E-state index >= 15 is 0 Å². The summed E-state index contributed by atoms with van der Waals surface area (Å²) in [5, 5.41) is 3.35. The average molecular weight is 285 g/mol. The molecule has 0 spiro atoms. The number of benzene rings is 1. The summed E-state index contributed by atoms with van der Waals surface area (Å²) in [4.78, 5) is 16.4. The van der Waals surface area contributed by atoms with Gasteiger partial charge in [0.05, 0.1) is 5.69 Å². The maximum absolute atomic E-state index is 12.3. The Balaban J connectivity index is 1.94. The molecular formula is C16H19N3O2. The number of hydrogen-bond donors (Lipinski definition) is 1. The van der Waals surface area contributed by atoms with Gasteiger partial charge in [-0.2, -0.15) is 0 Å². The van der Waals surface area contributed by atoms with Crippen LogP contribution >= 0.6 is 0 Å². The van der Waals surface area contributed by atoms with Crippen LogP contribution in [0.5, 0.6) is 11.6 Å². The molecule has 0 bridgehead atoms. The van der Waals surface area contributed by atoms with Crippen LogP contribution in [-0.4, -0.2) is 16.1 Å². The molecule has 0 saturated carbocycles. The lowest BCUT2D eigenvalue weighted by Gasteiger charge is -2.20. The molecule has 21 heavy (non-hydrogen) atoms. The van der Waals surface area contributed by atoms with Crippen molar-refractivity contribution in [3.63, 3.8) is 0 Å². The van der Waals surface area contributed by atoms with Crippen molar-refractivity contribution in [3.8, 4) is 11.6 Å². The number of nitrogens with zero attached hydrogens (tertiary/aromatic N) is 2. The van der Waals surface area contributed by atoms with Gasteiger partial charge in [0.15, 0.2) is 5.75 Å². The van der Waals surface area contributed by atoms with E-state index in [4.69, 9.17) is 4.74 Å². The Morgan fingerprint density at radius 2 is 2.33 bits per heavy atom. The van der Waals surface area contributed by atoms with E-state index in [9.17, 15) is 4.79 Å². The van der Waals surface area contributed by atoms with Crippen molar-refractivity contribution in [2.45, 2.75) is 32.7 Å². The normalized spacial score (nSPS) is 13.4. The molecule has 0 atom stereocenters. The number of para-hydroxylation sites is 1. The molecule has 0 saturated heterocycles. The maximum atomic E-state index is 12.3. The molecule has 5 heteroatoms. The number of aryl methyl sites for hydroxylation is 2. The first-order chi connectivity index (χ1) is 10.3. The van der Waals surface area contributed by atoms with E-state index in [-0.39, 0.29) is 11.4 Å². The number of rotatable bonds is 4. The van der Waals surface area contributed by atoms with Gasteiger partial charge < -0.3 is 14.6 Å². The smallest absolute Gasteiger partial charge is 0.313 e. The minimum absolute atomic E-state index is 0.131. The number of ether oxygens (including phenoxy) is 1. The van der Waals surface area contributed by atoms with E-state index < -0.39 is 0 Å². The van der Waals surface area contributed by atoms with E-state index in [1.807, 2.05) is 19.1 Å². The first-order valence-corrected chi connectivity index (χ1v) is 7.38. The van der Waals surface area contributed by atoms with Crippen molar-refractivity contribution in [3.05, 3.63) is 46.5 Å². The molecule has 2 aromatic rings. The largest absolute Gasteiger partial charge is 0.432 e. The molecule has 0 unspecified atom stereocenters. The molecule has 1 aromatic heterocycles. The maximum Gasteiger partial charge on any atom is 0.313 e. The minimum Gasteiger partial charge on any atom is -0.432 e. The predicted octanol–water partition coefficient (Wildman–Crippen LogP) is 2.80. The van der Waals surface area contributed by atoms with Crippen LogP contribution in [0.1, 0.15) is 25.3 Å². The highest BCUT2D eigenvalue weighted by Crippen LogP contribution is 2.33. The summed E-state index contributed by atoms with van der Waals surface area (Å²) in [5.41, 5.74) is 2.02. The molecule has 1 aliphatic heterocycles. The quantitative estimate of drug-likeness (QED) is 0.938. The van der Waals surface area contributed by atoms with Gasteiger partial charge in [-0.25, -0.2) is 4.98 Å². The first kappa shape index (κ1) is 13.7. The molecule has 1 N–H and O–H groups in total. The Bertz CT molecular complexity index is 694. The third-order valence-corrected chi connectivity index (χ3v) is 3.59. The van der Waals surface area contributed by atoms with Gasteiger partial charge in [-0.3, -0.25) is 4.79 Å². The first-order valence-electron chi connectivity index (χ1n) is 7.38. The molecule has 0 amide bonds. The number of hydrogen-bond acceptors (Lipinski definition) is 4. The zero-order chi connectivity index (χ0) is 14.7. The van der Waals surface area contributed by atoms with Gasteiger partial charge in [-0.15, -0.1) is 0 Å². The van der Waals surface area contributed by atoms with Crippen molar-refractivity contribution >= 4 is 5.69 Å². The summed E-state index contributed by atoms with van der Waals surface area (Å²) in [6, 6.07) is 5.91. The molecular weight excluding hydrogens is 266 g/mol. The Labute approximate surface area is 123 Å². The van der Waals surface area contributed by atoms with Crippen molar-refractivity contribution in [1.82, 2.24) is 9.55 Å². The molecule has 3 rings (SSSR count). The third-order valence-electron chi connectivity index (χ3n) is 3.59. The lowest BCUT2D eigenvalue weighted by Crippen LogP contribution is -2.22. The predicted molar refractivity (Wildman–Crippen MR) is 82.1 cm³/mol. The van der Waals surface area contributed by atoms with Crippen molar-refractivity contribution in [2.75, 3.05) is 11.9 Å². The Kier molecular flexibility index (Phi) is 3.90. The van der Waals surface area contributed by atoms with Gasteiger partial charge in [0, 0.05) is 25.5 Å². The van der Waals surface area contributed by atoms with Crippen LogP contribution in [0.4, 0.5) is 5.69 Å². The zero-order valence-electron chi connectivity index (χ0n) is 12.1. The van der Waals surface area contributed by atoms with E-state index in [0.29, 0.717) is 12.3 Å². The highest BCUT2D eigenvalue weighted by molar-refractivity contribution is 5.63. The number of aromatic nitrogens is 2. The van der Waals surface area contributed by atoms with Gasteiger partial charge in [0.1, 0.15) is 0 Å². The van der Waals surface area contributed by atoms with Gasteiger partial charge in [-0.05, 0) is 30.9 Å². The van der Waals surface area contributed by atoms with Crippen LogP contribution in [0.15, 0.2) is 35.4 Å². The molecule has 5 nitrogen and oxygen atoms in total. The van der Waals surface area contributed by atoms with Crippen LogP contribution < -0.4 is 15.6 Å². The van der Waals surface area contributed by atoms with Crippen molar-refractivity contribution in [2.24, 2.45) is 0 Å². The zero-order valence-corrected chi connectivity index (χ0v) is 12.1. The number of anilines is 1. The third kappa shape index (κ3) is 2.77. The van der Waals surface area contributed by atoms with Crippen molar-refractivity contribution in [1.29, 1.82) is 0 Å². The van der Waals surface area contributed by atoms with E-state index in [2.05, 4.69) is 16.4 Å². The lowest BCUT2D eigenvalue weighted by molar-refractivity contribution is 0.444. The van der Waals surface area contributed by atoms with Gasteiger partial charge in [0.2, 0.25) is 0 Å². The fourth-order valence-corrected chi connectivity index (χ4v) is 2.58. The second-order valence-electron chi connectivity index (χ2n) is 5.15. The molecule has 2 heterocycles. The Morgan fingerprint density at radius 3 is 3.19 bits per heavy atom. The average Bonchev–Trinajstić information content (AvgIpc) is 2.52. The van der Waals surface area contributed by atoms with E-state index in [1.165, 1.54) is 5.56 Å². The van der Waals surface area contributed by atoms with Crippen LogP contribution in [-0.2, 0) is 13.0 Å². The summed E-state index contributed by atoms with van der Waals surface area (Å²) in [7, 11) is 0. The number of fused-ring (bicyclic) bond motifs is 1. The molecule has 0 fully saturated rings. The monoisotopic (exact) mass is 285 g/mol. The topological polar surface area (TPSA) is 56.1 Å². The van der Waals surface area contributed by atoms with Gasteiger partial charge in [0.25, 0.3) is 5.88 Å². The summed E-state index contributed by atoms with van der Waals surface area (Å²) in [5.74, 6) is 0.803. The molecule has 0 aliphatic carbocycles.